The van der Waals surface area contributed by atoms with E-state index in [4.69, 9.17) is 21.4 Å². The van der Waals surface area contributed by atoms with Gasteiger partial charge in [-0.25, -0.2) is 0 Å². The third kappa shape index (κ3) is 8.88. The Morgan fingerprint density at radius 2 is 1.81 bits per heavy atom. The van der Waals surface area contributed by atoms with E-state index in [2.05, 4.69) is 17.3 Å². The molecule has 1 fully saturated rings. The van der Waals surface area contributed by atoms with E-state index in [0.29, 0.717) is 22.9 Å². The second-order valence-electron chi connectivity index (χ2n) is 6.16. The monoisotopic (exact) mass is 394 g/mol. The average Bonchev–Trinajstić information content (AvgIpc) is 2.63. The van der Waals surface area contributed by atoms with Crippen LogP contribution in [0.5, 0.6) is 5.75 Å². The van der Waals surface area contributed by atoms with Crippen molar-refractivity contribution in [2.75, 3.05) is 33.2 Å². The number of carbonyl (C=O) groups is 1. The Morgan fingerprint density at radius 1 is 1.15 bits per heavy atom. The highest BCUT2D eigenvalue weighted by atomic mass is 35.5. The van der Waals surface area contributed by atoms with E-state index in [0.717, 1.165) is 18.7 Å². The molecule has 0 aromatic heterocycles. The predicted octanol–water partition coefficient (Wildman–Crippen LogP) is 2.24. The molecule has 0 atom stereocenters. The van der Waals surface area contributed by atoms with Crippen molar-refractivity contribution in [3.8, 4) is 5.75 Å². The van der Waals surface area contributed by atoms with Gasteiger partial charge in [-0.15, -0.1) is 0 Å². The van der Waals surface area contributed by atoms with Gasteiger partial charge in [-0.3, -0.25) is 4.79 Å². The molecule has 7 heteroatoms. The number of nitrogens with one attached hydrogen (secondary N) is 1. The van der Waals surface area contributed by atoms with Gasteiger partial charge in [0.1, 0.15) is 12.4 Å². The van der Waals surface area contributed by atoms with Crippen LogP contribution in [-0.2, 0) is 17.8 Å². The number of carboxylic acid groups (broad SMARTS) is 1. The van der Waals surface area contributed by atoms with Crippen molar-refractivity contribution in [1.82, 2.24) is 10.2 Å². The second-order valence-corrected chi connectivity index (χ2v) is 6.57. The molecule has 0 spiro atoms. The lowest BCUT2D eigenvalue weighted by atomic mass is 10.1. The molecular weight excluding hydrogens is 368 g/mol. The van der Waals surface area contributed by atoms with Crippen LogP contribution < -0.4 is 10.1 Å². The number of rotatable bonds is 5. The second kappa shape index (κ2) is 12.3. The van der Waals surface area contributed by atoms with Gasteiger partial charge in [0, 0.05) is 26.2 Å². The summed E-state index contributed by atoms with van der Waals surface area (Å²) in [6, 6.07) is 14.8. The Labute approximate surface area is 165 Å². The predicted molar refractivity (Wildman–Crippen MR) is 108 cm³/mol. The molecule has 27 heavy (non-hydrogen) atoms. The number of aliphatic carboxylic acids is 1. The Morgan fingerprint density at radius 3 is 2.33 bits per heavy atom. The van der Waals surface area contributed by atoms with Crippen molar-refractivity contribution in [3.05, 3.63) is 64.7 Å². The Balaban J connectivity index is 0.000000385. The number of ether oxygens (including phenoxy) is 1. The Kier molecular flexibility index (Phi) is 10.4. The minimum Gasteiger partial charge on any atom is -0.487 e. The van der Waals surface area contributed by atoms with Crippen LogP contribution >= 0.6 is 11.6 Å². The molecule has 0 aliphatic carbocycles. The summed E-state index contributed by atoms with van der Waals surface area (Å²) in [5.41, 5.74) is 1.71. The van der Waals surface area contributed by atoms with Gasteiger partial charge in [0.25, 0.3) is 0 Å². The molecule has 1 aliphatic heterocycles. The molecule has 0 saturated carbocycles. The molecule has 2 aromatic carbocycles. The van der Waals surface area contributed by atoms with Crippen LogP contribution in [0.3, 0.4) is 0 Å². The zero-order valence-corrected chi connectivity index (χ0v) is 16.2. The zero-order valence-electron chi connectivity index (χ0n) is 15.5. The number of benzene rings is 2. The van der Waals surface area contributed by atoms with Crippen LogP contribution in [0, 0.1) is 0 Å². The maximum Gasteiger partial charge on any atom is 0.307 e. The van der Waals surface area contributed by atoms with Gasteiger partial charge in [0.2, 0.25) is 0 Å². The van der Waals surface area contributed by atoms with Crippen molar-refractivity contribution >= 4 is 17.6 Å². The number of hydrogen-bond acceptors (Lipinski definition) is 4. The van der Waals surface area contributed by atoms with Crippen LogP contribution in [0.1, 0.15) is 11.1 Å². The first-order valence-corrected chi connectivity index (χ1v) is 8.98. The molecule has 4 N–H and O–H groups in total. The van der Waals surface area contributed by atoms with Gasteiger partial charge < -0.3 is 25.5 Å². The van der Waals surface area contributed by atoms with E-state index in [9.17, 15) is 4.79 Å². The number of carboxylic acids is 1. The maximum absolute atomic E-state index is 10.6. The molecule has 0 radical (unpaired) electrons. The summed E-state index contributed by atoms with van der Waals surface area (Å²) in [4.78, 5) is 12.9. The smallest absolute Gasteiger partial charge is 0.307 e. The molecule has 3 rings (SSSR count). The fourth-order valence-electron chi connectivity index (χ4n) is 2.46. The average molecular weight is 395 g/mol. The number of likely N-dealkylation sites (N-methyl/N-ethyl adjacent to an activating group) is 1. The summed E-state index contributed by atoms with van der Waals surface area (Å²) in [5.74, 6) is -0.325. The van der Waals surface area contributed by atoms with E-state index < -0.39 is 5.97 Å². The molecule has 1 heterocycles. The summed E-state index contributed by atoms with van der Waals surface area (Å²) in [7, 11) is 2.15. The third-order valence-electron chi connectivity index (χ3n) is 3.93. The van der Waals surface area contributed by atoms with Crippen LogP contribution in [0.4, 0.5) is 0 Å². The van der Waals surface area contributed by atoms with Gasteiger partial charge in [0.15, 0.2) is 0 Å². The molecule has 148 valence electrons. The Bertz CT molecular complexity index is 692. The van der Waals surface area contributed by atoms with Crippen molar-refractivity contribution < 1.29 is 20.1 Å². The summed E-state index contributed by atoms with van der Waals surface area (Å²) in [6.07, 6.45) is -0.0430. The molecule has 2 aromatic rings. The normalized spacial score (nSPS) is 13.7. The molecule has 1 aliphatic rings. The first-order chi connectivity index (χ1) is 12.5. The lowest BCUT2D eigenvalue weighted by Gasteiger charge is -2.21. The van der Waals surface area contributed by atoms with Gasteiger partial charge >= 0.3 is 5.97 Å². The summed E-state index contributed by atoms with van der Waals surface area (Å²) in [5, 5.41) is 12.4. The number of halogens is 1. The topological polar surface area (TPSA) is 93.3 Å². The first-order valence-electron chi connectivity index (χ1n) is 8.61. The first kappa shape index (κ1) is 22.9. The minimum atomic E-state index is -0.881. The van der Waals surface area contributed by atoms with E-state index in [1.165, 1.54) is 13.1 Å². The van der Waals surface area contributed by atoms with Crippen LogP contribution in [0.2, 0.25) is 5.02 Å². The van der Waals surface area contributed by atoms with Gasteiger partial charge in [-0.1, -0.05) is 48.0 Å². The zero-order chi connectivity index (χ0) is 18.8. The van der Waals surface area contributed by atoms with Crippen molar-refractivity contribution in [2.24, 2.45) is 0 Å². The van der Waals surface area contributed by atoms with Gasteiger partial charge in [0.05, 0.1) is 11.4 Å². The standard InChI is InChI=1S/C15H13ClO3.C5H12N2.H2O/c16-13-8-12(9-15(17)18)6-7-14(13)19-10-11-4-2-1-3-5-11;1-7-4-2-6-3-5-7;/h1-8H,9-10H2,(H,17,18);6H,2-5H2,1H3;1H2. The quantitative estimate of drug-likeness (QED) is 0.811. The fraction of sp³-hybridized carbons (Fsp3) is 0.350. The lowest BCUT2D eigenvalue weighted by molar-refractivity contribution is -0.136. The molecule has 0 amide bonds. The molecule has 0 unspecified atom stereocenters. The van der Waals surface area contributed by atoms with E-state index in [1.54, 1.807) is 18.2 Å². The van der Waals surface area contributed by atoms with Crippen LogP contribution in [0.25, 0.3) is 0 Å². The van der Waals surface area contributed by atoms with Crippen LogP contribution in [0.15, 0.2) is 48.5 Å². The van der Waals surface area contributed by atoms with Gasteiger partial charge in [-0.05, 0) is 30.3 Å². The van der Waals surface area contributed by atoms with E-state index in [1.807, 2.05) is 30.3 Å². The highest BCUT2D eigenvalue weighted by Gasteiger charge is 2.06. The number of nitrogens with zero attached hydrogens (tertiary/aromatic N) is 1. The largest absolute Gasteiger partial charge is 0.487 e. The van der Waals surface area contributed by atoms with Gasteiger partial charge in [-0.2, -0.15) is 0 Å². The summed E-state index contributed by atoms with van der Waals surface area (Å²) < 4.78 is 5.60. The molecule has 1 saturated heterocycles. The lowest BCUT2D eigenvalue weighted by Crippen LogP contribution is -2.40. The summed E-state index contributed by atoms with van der Waals surface area (Å²) >= 11 is 6.06. The van der Waals surface area contributed by atoms with Crippen molar-refractivity contribution in [3.63, 3.8) is 0 Å². The van der Waals surface area contributed by atoms with E-state index in [-0.39, 0.29) is 11.9 Å². The van der Waals surface area contributed by atoms with Crippen LogP contribution in [-0.4, -0.2) is 54.7 Å². The van der Waals surface area contributed by atoms with E-state index >= 15 is 0 Å². The molecular formula is C20H27ClN2O4. The SMILES string of the molecule is CN1CCNCC1.O.O=C(O)Cc1ccc(OCc2ccccc2)c(Cl)c1. The Hall–Kier alpha value is -2.12. The van der Waals surface area contributed by atoms with Crippen molar-refractivity contribution in [1.29, 1.82) is 0 Å². The summed E-state index contributed by atoms with van der Waals surface area (Å²) in [6.45, 7) is 5.17. The minimum absolute atomic E-state index is 0. The maximum atomic E-state index is 10.6. The number of piperazine rings is 1. The highest BCUT2D eigenvalue weighted by Crippen LogP contribution is 2.26. The fourth-order valence-corrected chi connectivity index (χ4v) is 2.72. The highest BCUT2D eigenvalue weighted by molar-refractivity contribution is 6.32. The third-order valence-corrected chi connectivity index (χ3v) is 4.22. The number of hydrogen-bond donors (Lipinski definition) is 2. The molecule has 0 bridgehead atoms. The van der Waals surface area contributed by atoms with Crippen molar-refractivity contribution in [2.45, 2.75) is 13.0 Å². The molecule has 6 nitrogen and oxygen atoms in total.